The van der Waals surface area contributed by atoms with Crippen molar-refractivity contribution in [3.8, 4) is 5.75 Å². The lowest BCUT2D eigenvalue weighted by Gasteiger charge is -2.38. The van der Waals surface area contributed by atoms with Crippen LogP contribution in [0, 0.1) is 0 Å². The van der Waals surface area contributed by atoms with Crippen molar-refractivity contribution in [1.82, 2.24) is 10.2 Å². The maximum Gasteiger partial charge on any atom is 0.123 e. The summed E-state index contributed by atoms with van der Waals surface area (Å²) in [5.41, 5.74) is 2.63. The lowest BCUT2D eigenvalue weighted by atomic mass is 9.98. The monoisotopic (exact) mass is 356 g/mol. The fraction of sp³-hybridized carbons (Fsp3) is 0.429. The van der Waals surface area contributed by atoms with Gasteiger partial charge in [-0.25, -0.2) is 0 Å². The molecule has 0 saturated carbocycles. The maximum absolute atomic E-state index is 6.19. The van der Waals surface area contributed by atoms with E-state index in [2.05, 4.69) is 46.6 Å². The zero-order chi connectivity index (χ0) is 17.1. The summed E-state index contributed by atoms with van der Waals surface area (Å²) in [7, 11) is 0. The fourth-order valence-electron chi connectivity index (χ4n) is 4.02. The SMILES string of the molecule is Clc1ccc(C[C@H]2COc3ccccc3CN2C2CCNCC2)cc1. The van der Waals surface area contributed by atoms with E-state index in [1.165, 1.54) is 24.0 Å². The van der Waals surface area contributed by atoms with Gasteiger partial charge in [-0.15, -0.1) is 0 Å². The number of nitrogens with one attached hydrogen (secondary N) is 1. The van der Waals surface area contributed by atoms with Crippen LogP contribution in [0.1, 0.15) is 24.0 Å². The first kappa shape index (κ1) is 16.9. The molecular formula is C21H25ClN2O. The molecule has 4 heteroatoms. The summed E-state index contributed by atoms with van der Waals surface area (Å²) in [6.07, 6.45) is 3.41. The Morgan fingerprint density at radius 2 is 1.80 bits per heavy atom. The second-order valence-electron chi connectivity index (χ2n) is 7.06. The first-order chi connectivity index (χ1) is 12.3. The second-order valence-corrected chi connectivity index (χ2v) is 7.49. The predicted octanol–water partition coefficient (Wildman–Crippen LogP) is 3.90. The average Bonchev–Trinajstić information content (AvgIpc) is 2.84. The van der Waals surface area contributed by atoms with Crippen molar-refractivity contribution in [2.75, 3.05) is 19.7 Å². The van der Waals surface area contributed by atoms with Gasteiger partial charge in [0, 0.05) is 29.2 Å². The molecule has 0 aromatic heterocycles. The van der Waals surface area contributed by atoms with Crippen LogP contribution >= 0.6 is 11.6 Å². The molecule has 1 saturated heterocycles. The molecule has 2 aliphatic heterocycles. The Morgan fingerprint density at radius 3 is 2.60 bits per heavy atom. The Balaban J connectivity index is 1.59. The van der Waals surface area contributed by atoms with Gasteiger partial charge in [0.2, 0.25) is 0 Å². The number of ether oxygens (including phenoxy) is 1. The van der Waals surface area contributed by atoms with E-state index in [-0.39, 0.29) is 0 Å². The third-order valence-corrected chi connectivity index (χ3v) is 5.64. The molecule has 25 heavy (non-hydrogen) atoms. The zero-order valence-corrected chi connectivity index (χ0v) is 15.2. The number of nitrogens with zero attached hydrogens (tertiary/aromatic N) is 1. The van der Waals surface area contributed by atoms with Crippen LogP contribution < -0.4 is 10.1 Å². The Bertz CT molecular complexity index is 697. The van der Waals surface area contributed by atoms with Crippen LogP contribution in [0.5, 0.6) is 5.75 Å². The van der Waals surface area contributed by atoms with Gasteiger partial charge in [-0.05, 0) is 56.1 Å². The third-order valence-electron chi connectivity index (χ3n) is 5.39. The van der Waals surface area contributed by atoms with Crippen LogP contribution in [0.25, 0.3) is 0 Å². The van der Waals surface area contributed by atoms with Crippen molar-refractivity contribution in [2.45, 2.75) is 37.9 Å². The molecule has 132 valence electrons. The number of halogens is 1. The van der Waals surface area contributed by atoms with E-state index < -0.39 is 0 Å². The van der Waals surface area contributed by atoms with Gasteiger partial charge in [0.15, 0.2) is 0 Å². The van der Waals surface area contributed by atoms with Crippen LogP contribution in [-0.4, -0.2) is 36.7 Å². The summed E-state index contributed by atoms with van der Waals surface area (Å²) in [4.78, 5) is 2.68. The number of piperidine rings is 1. The highest BCUT2D eigenvalue weighted by molar-refractivity contribution is 6.30. The van der Waals surface area contributed by atoms with Crippen molar-refractivity contribution in [1.29, 1.82) is 0 Å². The van der Waals surface area contributed by atoms with Crippen LogP contribution in [0.3, 0.4) is 0 Å². The van der Waals surface area contributed by atoms with Gasteiger partial charge in [0.25, 0.3) is 0 Å². The van der Waals surface area contributed by atoms with Crippen LogP contribution in [-0.2, 0) is 13.0 Å². The second kappa shape index (κ2) is 7.77. The minimum Gasteiger partial charge on any atom is -0.492 e. The van der Waals surface area contributed by atoms with E-state index in [4.69, 9.17) is 16.3 Å². The predicted molar refractivity (Wildman–Crippen MR) is 102 cm³/mol. The van der Waals surface area contributed by atoms with E-state index in [0.717, 1.165) is 43.4 Å². The molecular weight excluding hydrogens is 332 g/mol. The first-order valence-electron chi connectivity index (χ1n) is 9.21. The Kier molecular flexibility index (Phi) is 5.25. The topological polar surface area (TPSA) is 24.5 Å². The molecule has 2 heterocycles. The Labute approximate surface area is 154 Å². The molecule has 0 amide bonds. The van der Waals surface area contributed by atoms with E-state index >= 15 is 0 Å². The average molecular weight is 357 g/mol. The van der Waals surface area contributed by atoms with Crippen LogP contribution in [0.4, 0.5) is 0 Å². The first-order valence-corrected chi connectivity index (χ1v) is 9.59. The summed E-state index contributed by atoms with van der Waals surface area (Å²) >= 11 is 6.05. The smallest absolute Gasteiger partial charge is 0.123 e. The van der Waals surface area contributed by atoms with Gasteiger partial charge in [0.05, 0.1) is 0 Å². The molecule has 3 nitrogen and oxygen atoms in total. The molecule has 1 atom stereocenters. The fourth-order valence-corrected chi connectivity index (χ4v) is 4.14. The van der Waals surface area contributed by atoms with Gasteiger partial charge in [0.1, 0.15) is 12.4 Å². The van der Waals surface area contributed by atoms with E-state index in [1.807, 2.05) is 12.1 Å². The highest BCUT2D eigenvalue weighted by atomic mass is 35.5. The van der Waals surface area contributed by atoms with Crippen molar-refractivity contribution in [3.63, 3.8) is 0 Å². The van der Waals surface area contributed by atoms with Gasteiger partial charge in [-0.3, -0.25) is 4.90 Å². The highest BCUT2D eigenvalue weighted by Crippen LogP contribution is 2.29. The molecule has 0 bridgehead atoms. The van der Waals surface area contributed by atoms with Gasteiger partial charge >= 0.3 is 0 Å². The summed E-state index contributed by atoms with van der Waals surface area (Å²) in [5, 5.41) is 4.28. The zero-order valence-electron chi connectivity index (χ0n) is 14.5. The number of rotatable bonds is 3. The number of benzene rings is 2. The molecule has 0 unspecified atom stereocenters. The van der Waals surface area contributed by atoms with E-state index in [0.29, 0.717) is 12.1 Å². The molecule has 2 aromatic carbocycles. The molecule has 1 fully saturated rings. The standard InChI is InChI=1S/C21H25ClN2O/c22-18-7-5-16(6-8-18)13-20-15-25-21-4-2-1-3-17(21)14-24(20)19-9-11-23-12-10-19/h1-8,19-20,23H,9-15H2/t20-/m0/s1. The summed E-state index contributed by atoms with van der Waals surface area (Å²) < 4.78 is 6.19. The number of hydrogen-bond acceptors (Lipinski definition) is 3. The number of fused-ring (bicyclic) bond motifs is 1. The maximum atomic E-state index is 6.19. The lowest BCUT2D eigenvalue weighted by Crippen LogP contribution is -2.49. The molecule has 0 spiro atoms. The largest absolute Gasteiger partial charge is 0.492 e. The molecule has 4 rings (SSSR count). The van der Waals surface area contributed by atoms with Crippen molar-refractivity contribution >= 4 is 11.6 Å². The lowest BCUT2D eigenvalue weighted by molar-refractivity contribution is 0.0800. The van der Waals surface area contributed by atoms with E-state index in [1.54, 1.807) is 0 Å². The van der Waals surface area contributed by atoms with Crippen LogP contribution in [0.15, 0.2) is 48.5 Å². The van der Waals surface area contributed by atoms with Gasteiger partial charge in [-0.1, -0.05) is 41.9 Å². The van der Waals surface area contributed by atoms with Gasteiger partial charge in [-0.2, -0.15) is 0 Å². The quantitative estimate of drug-likeness (QED) is 0.902. The number of para-hydroxylation sites is 1. The number of hydrogen-bond donors (Lipinski definition) is 1. The molecule has 0 radical (unpaired) electrons. The Morgan fingerprint density at radius 1 is 1.04 bits per heavy atom. The van der Waals surface area contributed by atoms with Crippen molar-refractivity contribution in [2.24, 2.45) is 0 Å². The van der Waals surface area contributed by atoms with Crippen LogP contribution in [0.2, 0.25) is 5.02 Å². The minimum absolute atomic E-state index is 0.386. The summed E-state index contributed by atoms with van der Waals surface area (Å²) in [5.74, 6) is 1.04. The van der Waals surface area contributed by atoms with Crippen molar-refractivity contribution in [3.05, 3.63) is 64.7 Å². The molecule has 0 aliphatic carbocycles. The highest BCUT2D eigenvalue weighted by Gasteiger charge is 2.31. The molecule has 1 N–H and O–H groups in total. The molecule has 2 aliphatic rings. The Hall–Kier alpha value is -1.55. The van der Waals surface area contributed by atoms with Crippen molar-refractivity contribution < 1.29 is 4.74 Å². The van der Waals surface area contributed by atoms with Gasteiger partial charge < -0.3 is 10.1 Å². The third kappa shape index (κ3) is 4.00. The summed E-state index contributed by atoms with van der Waals surface area (Å²) in [6, 6.07) is 17.7. The summed E-state index contributed by atoms with van der Waals surface area (Å²) in [6.45, 7) is 3.93. The normalized spacial score (nSPS) is 22.0. The molecule has 2 aromatic rings. The van der Waals surface area contributed by atoms with E-state index in [9.17, 15) is 0 Å². The minimum atomic E-state index is 0.386.